The van der Waals surface area contributed by atoms with Gasteiger partial charge in [-0.15, -0.1) is 0 Å². The monoisotopic (exact) mass is 208 g/mol. The lowest BCUT2D eigenvalue weighted by Gasteiger charge is -2.31. The smallest absolute Gasteiger partial charge is 0.303 e. The van der Waals surface area contributed by atoms with Crippen molar-refractivity contribution in [2.24, 2.45) is 5.41 Å². The van der Waals surface area contributed by atoms with Gasteiger partial charge in [0.1, 0.15) is 6.54 Å². The molecule has 0 fully saturated rings. The van der Waals surface area contributed by atoms with Crippen LogP contribution in [-0.4, -0.2) is 24.3 Å². The van der Waals surface area contributed by atoms with Gasteiger partial charge in [0, 0.05) is 17.7 Å². The van der Waals surface area contributed by atoms with E-state index in [0.717, 1.165) is 0 Å². The summed E-state index contributed by atoms with van der Waals surface area (Å²) in [4.78, 5) is 0. The first-order valence-electron chi connectivity index (χ1n) is 4.48. The highest BCUT2D eigenvalue weighted by Gasteiger charge is 2.35. The van der Waals surface area contributed by atoms with Gasteiger partial charge in [0.15, 0.2) is 0 Å². The molecule has 14 heavy (non-hydrogen) atoms. The minimum Gasteiger partial charge on any atom is -0.303 e. The fourth-order valence-electron chi connectivity index (χ4n) is 1.48. The largest absolute Gasteiger partial charge is 0.407 e. The molecule has 0 aromatic heterocycles. The first kappa shape index (κ1) is 11.4. The minimum absolute atomic E-state index is 0.255. The van der Waals surface area contributed by atoms with Crippen LogP contribution in [0.1, 0.15) is 20.8 Å². The fraction of sp³-hybridized carbons (Fsp3) is 0.778. The Morgan fingerprint density at radius 1 is 1.36 bits per heavy atom. The van der Waals surface area contributed by atoms with Crippen LogP contribution in [0.3, 0.4) is 0 Å². The van der Waals surface area contributed by atoms with Crippen molar-refractivity contribution in [3.05, 3.63) is 11.8 Å². The molecule has 0 aromatic rings. The molecule has 1 rings (SSSR count). The first-order chi connectivity index (χ1) is 6.20. The van der Waals surface area contributed by atoms with E-state index in [-0.39, 0.29) is 5.41 Å². The second-order valence-corrected chi connectivity index (χ2v) is 4.40. The number of hydrogen-bond donors (Lipinski definition) is 1. The molecule has 0 radical (unpaired) electrons. The maximum Gasteiger partial charge on any atom is 0.407 e. The Hall–Kier alpha value is -0.710. The van der Waals surface area contributed by atoms with Gasteiger partial charge in [-0.2, -0.15) is 13.2 Å². The Bertz CT molecular complexity index is 237. The Morgan fingerprint density at radius 2 is 1.93 bits per heavy atom. The summed E-state index contributed by atoms with van der Waals surface area (Å²) in [5.41, 5.74) is 3.14. The summed E-state index contributed by atoms with van der Waals surface area (Å²) < 4.78 is 36.5. The van der Waals surface area contributed by atoms with Crippen molar-refractivity contribution in [2.75, 3.05) is 13.1 Å². The second kappa shape index (κ2) is 3.46. The molecule has 82 valence electrons. The maximum atomic E-state index is 12.2. The fourth-order valence-corrected chi connectivity index (χ4v) is 1.48. The Kier molecular flexibility index (Phi) is 2.81. The highest BCUT2D eigenvalue weighted by atomic mass is 19.4. The van der Waals surface area contributed by atoms with Crippen molar-refractivity contribution in [1.82, 2.24) is 10.4 Å². The van der Waals surface area contributed by atoms with Crippen molar-refractivity contribution in [3.63, 3.8) is 0 Å². The van der Waals surface area contributed by atoms with E-state index in [1.165, 1.54) is 5.01 Å². The molecule has 0 bridgehead atoms. The number of hydrogen-bond acceptors (Lipinski definition) is 2. The second-order valence-electron chi connectivity index (χ2n) is 4.40. The zero-order chi connectivity index (χ0) is 11.0. The lowest BCUT2D eigenvalue weighted by atomic mass is 9.91. The Labute approximate surface area is 81.7 Å². The predicted octanol–water partition coefficient (Wildman–Crippen LogP) is 2.30. The van der Waals surface area contributed by atoms with Gasteiger partial charge in [-0.05, 0) is 6.08 Å². The van der Waals surface area contributed by atoms with Crippen molar-refractivity contribution in [2.45, 2.75) is 26.9 Å². The van der Waals surface area contributed by atoms with Gasteiger partial charge in [-0.25, -0.2) is 5.43 Å². The maximum absolute atomic E-state index is 12.2. The number of nitrogens with zero attached hydrogens (tertiary/aromatic N) is 1. The third kappa shape index (κ3) is 2.90. The van der Waals surface area contributed by atoms with Crippen molar-refractivity contribution in [3.8, 4) is 0 Å². The summed E-state index contributed by atoms with van der Waals surface area (Å²) in [5.74, 6) is 0. The van der Waals surface area contributed by atoms with E-state index in [1.54, 1.807) is 6.08 Å². The SMILES string of the molecule is CC(C)(C)C1=CCNN1CC(F)(F)F. The van der Waals surface area contributed by atoms with Crippen LogP contribution in [0, 0.1) is 5.41 Å². The van der Waals surface area contributed by atoms with E-state index in [4.69, 9.17) is 0 Å². The van der Waals surface area contributed by atoms with Crippen LogP contribution >= 0.6 is 0 Å². The third-order valence-corrected chi connectivity index (χ3v) is 1.97. The number of nitrogens with one attached hydrogen (secondary N) is 1. The highest BCUT2D eigenvalue weighted by molar-refractivity contribution is 5.13. The molecule has 0 unspecified atom stereocenters. The standard InChI is InChI=1S/C9H15F3N2/c1-8(2,3)7-4-5-13-14(7)6-9(10,11)12/h4,13H,5-6H2,1-3H3. The molecule has 0 aromatic carbocycles. The molecule has 0 amide bonds. The van der Waals surface area contributed by atoms with Crippen LogP contribution in [0.4, 0.5) is 13.2 Å². The van der Waals surface area contributed by atoms with Gasteiger partial charge in [0.05, 0.1) is 0 Å². The van der Waals surface area contributed by atoms with Crippen LogP contribution in [-0.2, 0) is 0 Å². The Balaban J connectivity index is 2.69. The van der Waals surface area contributed by atoms with Crippen molar-refractivity contribution in [1.29, 1.82) is 0 Å². The van der Waals surface area contributed by atoms with E-state index in [2.05, 4.69) is 5.43 Å². The van der Waals surface area contributed by atoms with Crippen LogP contribution in [0.25, 0.3) is 0 Å². The molecule has 1 heterocycles. The summed E-state index contributed by atoms with van der Waals surface area (Å²) in [6.45, 7) is 5.23. The summed E-state index contributed by atoms with van der Waals surface area (Å²) in [6, 6.07) is 0. The van der Waals surface area contributed by atoms with Crippen molar-refractivity contribution >= 4 is 0 Å². The molecule has 0 atom stereocenters. The average Bonchev–Trinajstić information content (AvgIpc) is 2.29. The quantitative estimate of drug-likeness (QED) is 0.711. The highest BCUT2D eigenvalue weighted by Crippen LogP contribution is 2.31. The van der Waals surface area contributed by atoms with Gasteiger partial charge in [-0.3, -0.25) is 0 Å². The lowest BCUT2D eigenvalue weighted by molar-refractivity contribution is -0.147. The molecule has 2 nitrogen and oxygen atoms in total. The molecule has 5 heteroatoms. The molecule has 0 saturated heterocycles. The molecule has 0 saturated carbocycles. The molecule has 0 spiro atoms. The van der Waals surface area contributed by atoms with Crippen LogP contribution < -0.4 is 5.43 Å². The van der Waals surface area contributed by atoms with Gasteiger partial charge in [-0.1, -0.05) is 20.8 Å². The van der Waals surface area contributed by atoms with Gasteiger partial charge >= 0.3 is 6.18 Å². The minimum atomic E-state index is -4.16. The van der Waals surface area contributed by atoms with Crippen LogP contribution in [0.5, 0.6) is 0 Å². The summed E-state index contributed by atoms with van der Waals surface area (Å²) in [7, 11) is 0. The zero-order valence-corrected chi connectivity index (χ0v) is 8.57. The molecule has 1 aliphatic heterocycles. The average molecular weight is 208 g/mol. The van der Waals surface area contributed by atoms with E-state index < -0.39 is 12.7 Å². The van der Waals surface area contributed by atoms with E-state index in [9.17, 15) is 13.2 Å². The molecule has 0 aliphatic carbocycles. The normalized spacial score (nSPS) is 18.7. The van der Waals surface area contributed by atoms with E-state index in [0.29, 0.717) is 12.2 Å². The van der Waals surface area contributed by atoms with Crippen molar-refractivity contribution < 1.29 is 13.2 Å². The lowest BCUT2D eigenvalue weighted by Crippen LogP contribution is -2.42. The molecule has 1 aliphatic rings. The van der Waals surface area contributed by atoms with Gasteiger partial charge < -0.3 is 5.01 Å². The summed E-state index contributed by atoms with van der Waals surface area (Å²) in [5, 5.41) is 1.18. The predicted molar refractivity (Wildman–Crippen MR) is 48.3 cm³/mol. The van der Waals surface area contributed by atoms with Gasteiger partial charge in [0.25, 0.3) is 0 Å². The van der Waals surface area contributed by atoms with Crippen LogP contribution in [0.2, 0.25) is 0 Å². The first-order valence-corrected chi connectivity index (χ1v) is 4.48. The molecular formula is C9H15F3N2. The number of allylic oxidation sites excluding steroid dienone is 1. The number of rotatable bonds is 1. The summed E-state index contributed by atoms with van der Waals surface area (Å²) in [6.07, 6.45) is -2.37. The van der Waals surface area contributed by atoms with Crippen LogP contribution in [0.15, 0.2) is 11.8 Å². The topological polar surface area (TPSA) is 15.3 Å². The zero-order valence-electron chi connectivity index (χ0n) is 8.57. The number of alkyl halides is 3. The number of halogens is 3. The Morgan fingerprint density at radius 3 is 2.36 bits per heavy atom. The summed E-state index contributed by atoms with van der Waals surface area (Å²) >= 11 is 0. The molecular weight excluding hydrogens is 193 g/mol. The van der Waals surface area contributed by atoms with Gasteiger partial charge in [0.2, 0.25) is 0 Å². The van der Waals surface area contributed by atoms with E-state index in [1.807, 2.05) is 20.8 Å². The number of hydrazine groups is 1. The molecule has 1 N–H and O–H groups in total. The van der Waals surface area contributed by atoms with E-state index >= 15 is 0 Å². The third-order valence-electron chi connectivity index (χ3n) is 1.97.